The number of likely N-dealkylation sites (tertiary alicyclic amines) is 1. The molecule has 0 bridgehead atoms. The number of sulfone groups is 1. The van der Waals surface area contributed by atoms with Crippen molar-refractivity contribution in [3.63, 3.8) is 0 Å². The van der Waals surface area contributed by atoms with Crippen molar-refractivity contribution < 1.29 is 22.7 Å². The van der Waals surface area contributed by atoms with Gasteiger partial charge in [0.1, 0.15) is 0 Å². The summed E-state index contributed by atoms with van der Waals surface area (Å²) < 4.78 is 30.1. The number of hydrogen-bond acceptors (Lipinski definition) is 6. The van der Waals surface area contributed by atoms with Gasteiger partial charge in [-0.3, -0.25) is 14.7 Å². The molecule has 1 aliphatic carbocycles. The van der Waals surface area contributed by atoms with Gasteiger partial charge >= 0.3 is 0 Å². The van der Waals surface area contributed by atoms with E-state index in [-0.39, 0.29) is 35.1 Å². The summed E-state index contributed by atoms with van der Waals surface area (Å²) in [6, 6.07) is 13.7. The van der Waals surface area contributed by atoms with Crippen LogP contribution >= 0.6 is 0 Å². The van der Waals surface area contributed by atoms with Crippen LogP contribution in [0.5, 0.6) is 0 Å². The molecule has 0 radical (unpaired) electrons. The zero-order valence-electron chi connectivity index (χ0n) is 20.9. The van der Waals surface area contributed by atoms with Gasteiger partial charge in [0.15, 0.2) is 21.1 Å². The van der Waals surface area contributed by atoms with E-state index in [1.165, 1.54) is 0 Å². The Bertz CT molecular complexity index is 1530. The lowest BCUT2D eigenvalue weighted by Gasteiger charge is -2.38. The molecule has 10 heteroatoms. The van der Waals surface area contributed by atoms with Crippen molar-refractivity contribution in [3.8, 4) is 0 Å². The third-order valence-electron chi connectivity index (χ3n) is 8.55. The van der Waals surface area contributed by atoms with E-state index in [0.717, 1.165) is 35.6 Å². The molecule has 3 atom stereocenters. The van der Waals surface area contributed by atoms with Gasteiger partial charge in [0.2, 0.25) is 0 Å². The molecule has 9 nitrogen and oxygen atoms in total. The van der Waals surface area contributed by atoms with Crippen LogP contribution < -0.4 is 5.32 Å². The maximum atomic E-state index is 14.2. The van der Waals surface area contributed by atoms with Gasteiger partial charge < -0.3 is 15.0 Å². The molecule has 2 amide bonds. The Balaban J connectivity index is 1.29. The lowest BCUT2D eigenvalue weighted by molar-refractivity contribution is -0.155. The minimum absolute atomic E-state index is 0.123. The van der Waals surface area contributed by atoms with Gasteiger partial charge in [-0.15, -0.1) is 0 Å². The maximum Gasteiger partial charge on any atom is 0.272 e. The quantitative estimate of drug-likeness (QED) is 0.532. The summed E-state index contributed by atoms with van der Waals surface area (Å²) in [5, 5.41) is 12.0. The number of nitrogens with one attached hydrogen (secondary N) is 2. The molecule has 3 aliphatic rings. The van der Waals surface area contributed by atoms with Crippen LogP contribution in [0, 0.1) is 0 Å². The van der Waals surface area contributed by atoms with Crippen LogP contribution in [0.2, 0.25) is 0 Å². The summed E-state index contributed by atoms with van der Waals surface area (Å²) in [4.78, 5) is 29.4. The smallest absolute Gasteiger partial charge is 0.272 e. The van der Waals surface area contributed by atoms with Gasteiger partial charge in [-0.05, 0) is 43.4 Å². The average molecular weight is 523 g/mol. The van der Waals surface area contributed by atoms with Crippen molar-refractivity contribution in [2.75, 3.05) is 13.7 Å². The van der Waals surface area contributed by atoms with E-state index in [1.54, 1.807) is 7.11 Å². The van der Waals surface area contributed by atoms with Crippen LogP contribution in [-0.4, -0.2) is 60.6 Å². The second kappa shape index (κ2) is 8.39. The molecule has 6 rings (SSSR count). The van der Waals surface area contributed by atoms with Gasteiger partial charge in [-0.25, -0.2) is 8.42 Å². The second-order valence-electron chi connectivity index (χ2n) is 10.6. The Hall–Kier alpha value is -3.24. The summed E-state index contributed by atoms with van der Waals surface area (Å²) in [7, 11) is -1.70. The van der Waals surface area contributed by atoms with Crippen LogP contribution in [-0.2, 0) is 36.5 Å². The van der Waals surface area contributed by atoms with E-state index in [4.69, 9.17) is 4.74 Å². The standard InChI is InChI=1S/C27H30N4O5S/c1-26(36-2,20-10-5-8-17-7-3-4-9-18(17)20)25(33)31-14-13-27(12-6-11-22(27)31)28-24(32)23-19-15-37(34,35)16-21(19)29-30-23/h3-5,7-10,22H,6,11-16H2,1-2H3,(H,28,32)(H,29,30)/t22-,26?,27+/m0/s1. The van der Waals surface area contributed by atoms with Crippen molar-refractivity contribution >= 4 is 32.4 Å². The van der Waals surface area contributed by atoms with Crippen LogP contribution in [0.15, 0.2) is 42.5 Å². The molecule has 37 heavy (non-hydrogen) atoms. The molecule has 2 aliphatic heterocycles. The lowest BCUT2D eigenvalue weighted by Crippen LogP contribution is -2.56. The number of methoxy groups -OCH3 is 1. The topological polar surface area (TPSA) is 121 Å². The molecule has 2 aromatic carbocycles. The molecule has 3 heterocycles. The highest BCUT2D eigenvalue weighted by atomic mass is 32.2. The first-order valence-corrected chi connectivity index (χ1v) is 14.4. The number of amides is 2. The molecule has 1 unspecified atom stereocenters. The Morgan fingerprint density at radius 2 is 1.95 bits per heavy atom. The summed E-state index contributed by atoms with van der Waals surface area (Å²) in [6.07, 6.45) is 3.01. The molecule has 0 spiro atoms. The Morgan fingerprint density at radius 1 is 1.16 bits per heavy atom. The number of ether oxygens (including phenoxy) is 1. The average Bonchev–Trinajstić information content (AvgIpc) is 3.61. The monoisotopic (exact) mass is 522 g/mol. The normalized spacial score (nSPS) is 25.6. The van der Waals surface area contributed by atoms with E-state index >= 15 is 0 Å². The lowest BCUT2D eigenvalue weighted by atomic mass is 9.88. The highest BCUT2D eigenvalue weighted by Crippen LogP contribution is 2.44. The number of carbonyl (C=O) groups is 2. The number of H-pyrrole nitrogens is 1. The van der Waals surface area contributed by atoms with Gasteiger partial charge in [0.25, 0.3) is 11.8 Å². The van der Waals surface area contributed by atoms with Crippen LogP contribution in [0.25, 0.3) is 10.8 Å². The van der Waals surface area contributed by atoms with Gasteiger partial charge in [-0.2, -0.15) is 5.10 Å². The van der Waals surface area contributed by atoms with Crippen molar-refractivity contribution in [2.24, 2.45) is 0 Å². The third kappa shape index (κ3) is 3.68. The first-order chi connectivity index (χ1) is 17.7. The summed E-state index contributed by atoms with van der Waals surface area (Å²) in [5.74, 6) is -0.817. The molecule has 2 fully saturated rings. The number of carbonyl (C=O) groups excluding carboxylic acids is 2. The third-order valence-corrected chi connectivity index (χ3v) is 10.0. The molecule has 1 aromatic heterocycles. The Kier molecular flexibility index (Phi) is 5.47. The summed E-state index contributed by atoms with van der Waals surface area (Å²) in [5.41, 5.74) is 0.117. The number of hydrogen-bond donors (Lipinski definition) is 2. The SMILES string of the molecule is COC(C)(C(=O)N1CC[C@]2(NC(=O)c3n[nH]c4c3CS(=O)(=O)C4)CCC[C@H]12)c1cccc2ccccc12. The zero-order valence-corrected chi connectivity index (χ0v) is 21.7. The van der Waals surface area contributed by atoms with Crippen molar-refractivity contribution in [2.45, 2.75) is 61.3 Å². The molecular weight excluding hydrogens is 492 g/mol. The van der Waals surface area contributed by atoms with Crippen molar-refractivity contribution in [1.82, 2.24) is 20.4 Å². The van der Waals surface area contributed by atoms with E-state index in [1.807, 2.05) is 54.3 Å². The summed E-state index contributed by atoms with van der Waals surface area (Å²) >= 11 is 0. The van der Waals surface area contributed by atoms with E-state index in [0.29, 0.717) is 24.2 Å². The zero-order chi connectivity index (χ0) is 26.0. The highest BCUT2D eigenvalue weighted by molar-refractivity contribution is 7.90. The minimum atomic E-state index is -3.26. The molecule has 1 saturated carbocycles. The molecular formula is C27H30N4O5S. The molecule has 194 valence electrons. The molecule has 1 saturated heterocycles. The highest BCUT2D eigenvalue weighted by Gasteiger charge is 2.56. The first kappa shape index (κ1) is 24.1. The van der Waals surface area contributed by atoms with Crippen LogP contribution in [0.1, 0.15) is 59.9 Å². The number of benzene rings is 2. The fourth-order valence-electron chi connectivity index (χ4n) is 6.59. The van der Waals surface area contributed by atoms with E-state index in [9.17, 15) is 18.0 Å². The minimum Gasteiger partial charge on any atom is -0.364 e. The van der Waals surface area contributed by atoms with Gasteiger partial charge in [-0.1, -0.05) is 42.5 Å². The Morgan fingerprint density at radius 3 is 2.76 bits per heavy atom. The van der Waals surface area contributed by atoms with E-state index in [2.05, 4.69) is 15.5 Å². The second-order valence-corrected chi connectivity index (χ2v) is 12.7. The fraction of sp³-hybridized carbons (Fsp3) is 0.444. The van der Waals surface area contributed by atoms with Crippen molar-refractivity contribution in [1.29, 1.82) is 0 Å². The van der Waals surface area contributed by atoms with E-state index < -0.39 is 21.0 Å². The molecule has 3 aromatic rings. The van der Waals surface area contributed by atoms with Crippen LogP contribution in [0.4, 0.5) is 0 Å². The van der Waals surface area contributed by atoms with Gasteiger partial charge in [0.05, 0.1) is 28.8 Å². The van der Waals surface area contributed by atoms with Gasteiger partial charge in [0, 0.05) is 24.8 Å². The predicted octanol–water partition coefficient (Wildman–Crippen LogP) is 2.81. The fourth-order valence-corrected chi connectivity index (χ4v) is 8.13. The Labute approximate surface area is 215 Å². The number of nitrogens with zero attached hydrogens (tertiary/aromatic N) is 2. The predicted molar refractivity (Wildman–Crippen MR) is 137 cm³/mol. The number of fused-ring (bicyclic) bond motifs is 3. The number of aromatic amines is 1. The number of aromatic nitrogens is 2. The largest absolute Gasteiger partial charge is 0.364 e. The number of rotatable bonds is 5. The first-order valence-electron chi connectivity index (χ1n) is 12.6. The maximum absolute atomic E-state index is 14.2. The van der Waals surface area contributed by atoms with Crippen molar-refractivity contribution in [3.05, 3.63) is 65.0 Å². The van der Waals surface area contributed by atoms with Crippen LogP contribution in [0.3, 0.4) is 0 Å². The summed E-state index contributed by atoms with van der Waals surface area (Å²) in [6.45, 7) is 2.32. The molecule has 2 N–H and O–H groups in total.